The van der Waals surface area contributed by atoms with Crippen molar-refractivity contribution in [2.45, 2.75) is 27.7 Å². The van der Waals surface area contributed by atoms with E-state index in [2.05, 4.69) is 9.97 Å². The van der Waals surface area contributed by atoms with Gasteiger partial charge in [0.1, 0.15) is 11.6 Å². The molecular weight excluding hydrogens is 266 g/mol. The molecule has 0 saturated carbocycles. The van der Waals surface area contributed by atoms with E-state index in [0.29, 0.717) is 30.6 Å². The minimum atomic E-state index is 0.504. The van der Waals surface area contributed by atoms with Crippen molar-refractivity contribution in [2.75, 3.05) is 18.9 Å². The summed E-state index contributed by atoms with van der Waals surface area (Å²) in [7, 11) is 0. The summed E-state index contributed by atoms with van der Waals surface area (Å²) in [5.41, 5.74) is 8.56. The number of aryl methyl sites for hydroxylation is 1. The van der Waals surface area contributed by atoms with Gasteiger partial charge in [0.2, 0.25) is 0 Å². The first kappa shape index (κ1) is 15.1. The molecule has 1 aromatic carbocycles. The van der Waals surface area contributed by atoms with E-state index < -0.39 is 0 Å². The summed E-state index contributed by atoms with van der Waals surface area (Å²) in [4.78, 5) is 8.67. The Labute approximate surface area is 125 Å². The molecule has 0 atom stereocenters. The normalized spacial score (nSPS) is 10.5. The van der Waals surface area contributed by atoms with Gasteiger partial charge in [0.25, 0.3) is 0 Å². The molecule has 1 heterocycles. The third-order valence-electron chi connectivity index (χ3n) is 3.11. The summed E-state index contributed by atoms with van der Waals surface area (Å²) in [6.07, 6.45) is 0. The molecule has 2 rings (SSSR count). The van der Waals surface area contributed by atoms with Crippen LogP contribution in [-0.4, -0.2) is 23.2 Å². The molecule has 0 aliphatic carbocycles. The minimum absolute atomic E-state index is 0.504. The van der Waals surface area contributed by atoms with Crippen molar-refractivity contribution in [1.82, 2.24) is 9.97 Å². The Bertz CT molecular complexity index is 642. The van der Waals surface area contributed by atoms with Crippen LogP contribution in [0.2, 0.25) is 0 Å². The lowest BCUT2D eigenvalue weighted by Crippen LogP contribution is -2.03. The summed E-state index contributed by atoms with van der Waals surface area (Å²) in [6.45, 7) is 8.81. The van der Waals surface area contributed by atoms with Gasteiger partial charge in [0.05, 0.1) is 18.9 Å². The van der Waals surface area contributed by atoms with Crippen LogP contribution in [-0.2, 0) is 0 Å². The molecule has 0 bridgehead atoms. The molecule has 1 aromatic heterocycles. The Hall–Kier alpha value is -2.30. The van der Waals surface area contributed by atoms with E-state index >= 15 is 0 Å². The molecule has 112 valence electrons. The van der Waals surface area contributed by atoms with Crippen molar-refractivity contribution in [1.29, 1.82) is 0 Å². The van der Waals surface area contributed by atoms with Gasteiger partial charge in [-0.15, -0.1) is 0 Å². The van der Waals surface area contributed by atoms with Crippen molar-refractivity contribution in [3.8, 4) is 22.8 Å². The van der Waals surface area contributed by atoms with E-state index in [-0.39, 0.29) is 0 Å². The molecule has 0 aliphatic rings. The number of ether oxygens (including phenoxy) is 2. The highest BCUT2D eigenvalue weighted by Gasteiger charge is 2.12. The van der Waals surface area contributed by atoms with Gasteiger partial charge >= 0.3 is 0 Å². The molecule has 0 radical (unpaired) electrons. The first-order valence-electron chi connectivity index (χ1n) is 7.07. The average molecular weight is 287 g/mol. The zero-order chi connectivity index (χ0) is 15.4. The van der Waals surface area contributed by atoms with Crippen LogP contribution in [0.25, 0.3) is 11.3 Å². The van der Waals surface area contributed by atoms with Crippen LogP contribution in [0, 0.1) is 13.8 Å². The lowest BCUT2D eigenvalue weighted by molar-refractivity contribution is 0.288. The molecule has 0 unspecified atom stereocenters. The van der Waals surface area contributed by atoms with Crippen molar-refractivity contribution >= 4 is 5.82 Å². The molecule has 0 fully saturated rings. The molecule has 0 aliphatic heterocycles. The van der Waals surface area contributed by atoms with Crippen molar-refractivity contribution < 1.29 is 9.47 Å². The maximum Gasteiger partial charge on any atom is 0.161 e. The van der Waals surface area contributed by atoms with E-state index in [1.165, 1.54) is 0 Å². The molecule has 5 nitrogen and oxygen atoms in total. The number of hydrogen-bond acceptors (Lipinski definition) is 5. The number of hydrogen-bond donors (Lipinski definition) is 1. The number of anilines is 1. The first-order chi connectivity index (χ1) is 10.1. The quantitative estimate of drug-likeness (QED) is 0.914. The largest absolute Gasteiger partial charge is 0.490 e. The van der Waals surface area contributed by atoms with Crippen LogP contribution >= 0.6 is 0 Å². The third kappa shape index (κ3) is 3.24. The van der Waals surface area contributed by atoms with E-state index in [1.54, 1.807) is 0 Å². The number of aromatic nitrogens is 2. The van der Waals surface area contributed by atoms with E-state index in [4.69, 9.17) is 15.2 Å². The summed E-state index contributed by atoms with van der Waals surface area (Å²) < 4.78 is 11.2. The van der Waals surface area contributed by atoms with E-state index in [9.17, 15) is 0 Å². The lowest BCUT2D eigenvalue weighted by Gasteiger charge is -2.14. The van der Waals surface area contributed by atoms with E-state index in [0.717, 1.165) is 22.6 Å². The van der Waals surface area contributed by atoms with Crippen LogP contribution in [0.5, 0.6) is 11.5 Å². The smallest absolute Gasteiger partial charge is 0.161 e. The number of benzene rings is 1. The lowest BCUT2D eigenvalue weighted by atomic mass is 10.1. The van der Waals surface area contributed by atoms with Gasteiger partial charge in [-0.2, -0.15) is 0 Å². The van der Waals surface area contributed by atoms with Crippen LogP contribution in [0.15, 0.2) is 18.2 Å². The Morgan fingerprint density at radius 1 is 1.00 bits per heavy atom. The van der Waals surface area contributed by atoms with Gasteiger partial charge in [-0.05, 0) is 45.9 Å². The predicted octanol–water partition coefficient (Wildman–Crippen LogP) is 3.14. The molecule has 0 spiro atoms. The van der Waals surface area contributed by atoms with Crippen molar-refractivity contribution in [2.24, 2.45) is 0 Å². The fourth-order valence-electron chi connectivity index (χ4n) is 2.13. The fraction of sp³-hybridized carbons (Fsp3) is 0.375. The highest BCUT2D eigenvalue weighted by Crippen LogP contribution is 2.34. The van der Waals surface area contributed by atoms with Gasteiger partial charge in [-0.25, -0.2) is 9.97 Å². The minimum Gasteiger partial charge on any atom is -0.490 e. The van der Waals surface area contributed by atoms with Gasteiger partial charge in [0.15, 0.2) is 11.5 Å². The zero-order valence-electron chi connectivity index (χ0n) is 12.9. The second-order valence-corrected chi connectivity index (χ2v) is 4.66. The van der Waals surface area contributed by atoms with Crippen molar-refractivity contribution in [3.63, 3.8) is 0 Å². The van der Waals surface area contributed by atoms with Crippen molar-refractivity contribution in [3.05, 3.63) is 29.6 Å². The van der Waals surface area contributed by atoms with Crippen LogP contribution < -0.4 is 15.2 Å². The van der Waals surface area contributed by atoms with Gasteiger partial charge in [-0.1, -0.05) is 0 Å². The SMILES string of the molecule is CCOc1ccc(-c2nc(C)nc(N)c2C)cc1OCC. The second kappa shape index (κ2) is 6.43. The van der Waals surface area contributed by atoms with Gasteiger partial charge in [0, 0.05) is 11.1 Å². The summed E-state index contributed by atoms with van der Waals surface area (Å²) in [5.74, 6) is 2.61. The molecular formula is C16H21N3O2. The fourth-order valence-corrected chi connectivity index (χ4v) is 2.13. The monoisotopic (exact) mass is 287 g/mol. The molecule has 2 N–H and O–H groups in total. The molecule has 0 saturated heterocycles. The summed E-state index contributed by atoms with van der Waals surface area (Å²) >= 11 is 0. The van der Waals surface area contributed by atoms with Crippen LogP contribution in [0.1, 0.15) is 25.2 Å². The Morgan fingerprint density at radius 3 is 2.33 bits per heavy atom. The van der Waals surface area contributed by atoms with E-state index in [1.807, 2.05) is 45.9 Å². The Morgan fingerprint density at radius 2 is 1.67 bits per heavy atom. The average Bonchev–Trinajstić information content (AvgIpc) is 2.45. The topological polar surface area (TPSA) is 70.3 Å². The molecule has 0 amide bonds. The van der Waals surface area contributed by atoms with Gasteiger partial charge in [-0.3, -0.25) is 0 Å². The predicted molar refractivity (Wildman–Crippen MR) is 83.7 cm³/mol. The molecule has 5 heteroatoms. The van der Waals surface area contributed by atoms with Crippen LogP contribution in [0.3, 0.4) is 0 Å². The highest BCUT2D eigenvalue weighted by molar-refractivity contribution is 5.70. The first-order valence-corrected chi connectivity index (χ1v) is 7.07. The number of rotatable bonds is 5. The standard InChI is InChI=1S/C16H21N3O2/c1-5-20-13-8-7-12(9-14(13)21-6-2)15-10(3)16(17)19-11(4)18-15/h7-9H,5-6H2,1-4H3,(H2,17,18,19). The highest BCUT2D eigenvalue weighted by atomic mass is 16.5. The number of nitrogens with two attached hydrogens (primary N) is 1. The molecule has 2 aromatic rings. The summed E-state index contributed by atoms with van der Waals surface area (Å²) in [5, 5.41) is 0. The molecule has 21 heavy (non-hydrogen) atoms. The second-order valence-electron chi connectivity index (χ2n) is 4.66. The third-order valence-corrected chi connectivity index (χ3v) is 3.11. The number of nitrogen functional groups attached to an aromatic ring is 1. The summed E-state index contributed by atoms with van der Waals surface area (Å²) in [6, 6.07) is 5.79. The van der Waals surface area contributed by atoms with Gasteiger partial charge < -0.3 is 15.2 Å². The Balaban J connectivity index is 2.52. The maximum atomic E-state index is 5.93. The zero-order valence-corrected chi connectivity index (χ0v) is 12.9. The maximum absolute atomic E-state index is 5.93. The number of nitrogens with zero attached hydrogens (tertiary/aromatic N) is 2. The Kier molecular flexibility index (Phi) is 4.62. The van der Waals surface area contributed by atoms with Crippen LogP contribution in [0.4, 0.5) is 5.82 Å².